The van der Waals surface area contributed by atoms with Crippen LogP contribution in [0.2, 0.25) is 0 Å². The average molecular weight is 503 g/mol. The number of rotatable bonds is 2. The zero-order chi connectivity index (χ0) is 18.3. The minimum absolute atomic E-state index is 0. The van der Waals surface area contributed by atoms with E-state index < -0.39 is 0 Å². The van der Waals surface area contributed by atoms with Crippen LogP contribution < -0.4 is 5.32 Å². The summed E-state index contributed by atoms with van der Waals surface area (Å²) in [6, 6.07) is 0.568. The molecule has 0 bridgehead atoms. The predicted molar refractivity (Wildman–Crippen MR) is 122 cm³/mol. The van der Waals surface area contributed by atoms with Gasteiger partial charge in [-0.1, -0.05) is 12.8 Å². The molecule has 0 aromatic carbocycles. The van der Waals surface area contributed by atoms with Gasteiger partial charge >= 0.3 is 0 Å². The Labute approximate surface area is 187 Å². The number of halogens is 1. The quantitative estimate of drug-likeness (QED) is 0.354. The molecule has 2 saturated carbocycles. The van der Waals surface area contributed by atoms with Crippen LogP contribution in [0.4, 0.5) is 0 Å². The lowest BCUT2D eigenvalue weighted by molar-refractivity contribution is -0.125. The van der Waals surface area contributed by atoms with E-state index in [1.165, 1.54) is 63.7 Å². The fourth-order valence-electron chi connectivity index (χ4n) is 7.05. The van der Waals surface area contributed by atoms with E-state index in [0.29, 0.717) is 28.9 Å². The third-order valence-corrected chi connectivity index (χ3v) is 8.24. The SMILES string of the molecule is CCN=C(NC1C2CCOC2C12CCCC2)N1CCCC2(CCCOC2)C1.I. The molecule has 1 N–H and O–H groups in total. The average Bonchev–Trinajstić information content (AvgIpc) is 3.34. The standard InChI is InChI=1S/C22H37N3O2.HI/c1-2-23-20(25-12-5-8-21(15-25)9-6-13-26-16-21)24-18-17-7-14-27-19(17)22(18)10-3-4-11-22;/h17-19H,2-16H2,1H3,(H,23,24);1H. The van der Waals surface area contributed by atoms with E-state index in [2.05, 4.69) is 17.1 Å². The van der Waals surface area contributed by atoms with Crippen molar-refractivity contribution in [1.29, 1.82) is 0 Å². The van der Waals surface area contributed by atoms with Crippen molar-refractivity contribution in [2.45, 2.75) is 76.9 Å². The van der Waals surface area contributed by atoms with Crippen molar-refractivity contribution in [3.63, 3.8) is 0 Å². The van der Waals surface area contributed by atoms with Gasteiger partial charge in [0.05, 0.1) is 12.7 Å². The number of aliphatic imine (C=N–C) groups is 1. The molecule has 3 aliphatic heterocycles. The molecule has 0 radical (unpaired) electrons. The summed E-state index contributed by atoms with van der Waals surface area (Å²) in [6.07, 6.45) is 12.3. The van der Waals surface area contributed by atoms with Gasteiger partial charge in [0.2, 0.25) is 0 Å². The van der Waals surface area contributed by atoms with E-state index >= 15 is 0 Å². The van der Waals surface area contributed by atoms with Gasteiger partial charge < -0.3 is 19.7 Å². The maximum Gasteiger partial charge on any atom is 0.194 e. The smallest absolute Gasteiger partial charge is 0.194 e. The van der Waals surface area contributed by atoms with Gasteiger partial charge in [0, 0.05) is 55.6 Å². The number of ether oxygens (including phenoxy) is 2. The van der Waals surface area contributed by atoms with E-state index in [1.807, 2.05) is 0 Å². The first kappa shape index (κ1) is 21.2. The Bertz CT molecular complexity index is 567. The summed E-state index contributed by atoms with van der Waals surface area (Å²) in [4.78, 5) is 7.53. The van der Waals surface area contributed by atoms with Crippen LogP contribution >= 0.6 is 24.0 Å². The molecule has 4 unspecified atom stereocenters. The molecule has 0 aromatic heterocycles. The van der Waals surface area contributed by atoms with Gasteiger partial charge in [-0.15, -0.1) is 24.0 Å². The van der Waals surface area contributed by atoms with Crippen LogP contribution in [0.1, 0.15) is 64.7 Å². The molecule has 28 heavy (non-hydrogen) atoms. The van der Waals surface area contributed by atoms with Crippen LogP contribution in [0.5, 0.6) is 0 Å². The summed E-state index contributed by atoms with van der Waals surface area (Å²) >= 11 is 0. The van der Waals surface area contributed by atoms with Gasteiger partial charge in [-0.2, -0.15) is 0 Å². The van der Waals surface area contributed by atoms with E-state index in [4.69, 9.17) is 14.5 Å². The Morgan fingerprint density at radius 1 is 1.11 bits per heavy atom. The fraction of sp³-hybridized carbons (Fsp3) is 0.955. The van der Waals surface area contributed by atoms with Crippen molar-refractivity contribution >= 4 is 29.9 Å². The van der Waals surface area contributed by atoms with Crippen LogP contribution in [-0.2, 0) is 9.47 Å². The van der Waals surface area contributed by atoms with Crippen molar-refractivity contribution in [3.8, 4) is 0 Å². The molecule has 2 spiro atoms. The first-order valence-corrected chi connectivity index (χ1v) is 11.5. The lowest BCUT2D eigenvalue weighted by Crippen LogP contribution is -2.70. The van der Waals surface area contributed by atoms with Gasteiger partial charge in [-0.25, -0.2) is 0 Å². The summed E-state index contributed by atoms with van der Waals surface area (Å²) < 4.78 is 12.1. The zero-order valence-electron chi connectivity index (χ0n) is 17.5. The monoisotopic (exact) mass is 503 g/mol. The first-order valence-electron chi connectivity index (χ1n) is 11.5. The molecule has 5 rings (SSSR count). The van der Waals surface area contributed by atoms with Crippen LogP contribution in [0, 0.1) is 16.7 Å². The van der Waals surface area contributed by atoms with E-state index in [0.717, 1.165) is 39.5 Å². The molecule has 160 valence electrons. The van der Waals surface area contributed by atoms with Crippen molar-refractivity contribution in [2.75, 3.05) is 39.5 Å². The summed E-state index contributed by atoms with van der Waals surface area (Å²) in [7, 11) is 0. The van der Waals surface area contributed by atoms with Crippen molar-refractivity contribution in [1.82, 2.24) is 10.2 Å². The van der Waals surface area contributed by atoms with Crippen LogP contribution in [0.15, 0.2) is 4.99 Å². The van der Waals surface area contributed by atoms with Crippen molar-refractivity contribution in [3.05, 3.63) is 0 Å². The molecule has 2 aliphatic carbocycles. The van der Waals surface area contributed by atoms with Crippen LogP contribution in [0.3, 0.4) is 0 Å². The summed E-state index contributed by atoms with van der Waals surface area (Å²) in [6.45, 7) is 8.12. The molecular formula is C22H38IN3O2. The molecular weight excluding hydrogens is 465 g/mol. The first-order chi connectivity index (χ1) is 13.3. The molecule has 0 amide bonds. The molecule has 5 aliphatic rings. The summed E-state index contributed by atoms with van der Waals surface area (Å²) in [5, 5.41) is 4.01. The Hall–Kier alpha value is -0.0800. The lowest BCUT2D eigenvalue weighted by Gasteiger charge is -2.58. The Balaban J connectivity index is 0.00000192. The maximum absolute atomic E-state index is 6.19. The zero-order valence-corrected chi connectivity index (χ0v) is 19.8. The third kappa shape index (κ3) is 3.49. The predicted octanol–water partition coefficient (Wildman–Crippen LogP) is 3.81. The third-order valence-electron chi connectivity index (χ3n) is 8.24. The van der Waals surface area contributed by atoms with Gasteiger partial charge in [0.25, 0.3) is 0 Å². The number of hydrogen-bond donors (Lipinski definition) is 1. The van der Waals surface area contributed by atoms with Crippen molar-refractivity contribution in [2.24, 2.45) is 21.7 Å². The highest BCUT2D eigenvalue weighted by Gasteiger charge is 2.65. The van der Waals surface area contributed by atoms with Gasteiger partial charge in [-0.3, -0.25) is 4.99 Å². The van der Waals surface area contributed by atoms with E-state index in [9.17, 15) is 0 Å². The molecule has 0 aromatic rings. The number of fused-ring (bicyclic) bond motifs is 2. The minimum atomic E-state index is 0. The lowest BCUT2D eigenvalue weighted by atomic mass is 9.54. The highest BCUT2D eigenvalue weighted by Crippen LogP contribution is 2.60. The molecule has 4 atom stereocenters. The second kappa shape index (κ2) is 8.58. The minimum Gasteiger partial charge on any atom is -0.381 e. The Kier molecular flexibility index (Phi) is 6.48. The summed E-state index contributed by atoms with van der Waals surface area (Å²) in [5.41, 5.74) is 0.744. The highest BCUT2D eigenvalue weighted by molar-refractivity contribution is 14.0. The molecule has 5 nitrogen and oxygen atoms in total. The van der Waals surface area contributed by atoms with Crippen LogP contribution in [0.25, 0.3) is 0 Å². The largest absolute Gasteiger partial charge is 0.381 e. The highest BCUT2D eigenvalue weighted by atomic mass is 127. The van der Waals surface area contributed by atoms with Gasteiger partial charge in [-0.05, 0) is 51.9 Å². The molecule has 3 saturated heterocycles. The Morgan fingerprint density at radius 3 is 2.68 bits per heavy atom. The molecule has 3 heterocycles. The van der Waals surface area contributed by atoms with Gasteiger partial charge in [0.15, 0.2) is 5.96 Å². The number of guanidine groups is 1. The fourth-order valence-corrected chi connectivity index (χ4v) is 7.05. The number of piperidine rings is 1. The number of nitrogens with one attached hydrogen (secondary N) is 1. The van der Waals surface area contributed by atoms with E-state index in [1.54, 1.807) is 0 Å². The Morgan fingerprint density at radius 2 is 1.93 bits per heavy atom. The number of nitrogens with zero attached hydrogens (tertiary/aromatic N) is 2. The van der Waals surface area contributed by atoms with Crippen LogP contribution in [-0.4, -0.2) is 62.5 Å². The molecule has 5 fully saturated rings. The van der Waals surface area contributed by atoms with Gasteiger partial charge in [0.1, 0.15) is 0 Å². The molecule has 6 heteroatoms. The van der Waals surface area contributed by atoms with Crippen molar-refractivity contribution < 1.29 is 9.47 Å². The number of likely N-dealkylation sites (tertiary alicyclic amines) is 1. The normalized spacial score (nSPS) is 39.5. The maximum atomic E-state index is 6.19. The van der Waals surface area contributed by atoms with E-state index in [-0.39, 0.29) is 24.0 Å². The second-order valence-electron chi connectivity index (χ2n) is 9.79. The number of hydrogen-bond acceptors (Lipinski definition) is 3. The summed E-state index contributed by atoms with van der Waals surface area (Å²) in [5.74, 6) is 1.87. The topological polar surface area (TPSA) is 46.1 Å². The second-order valence-corrected chi connectivity index (χ2v) is 9.79.